The van der Waals surface area contributed by atoms with Crippen molar-refractivity contribution >= 4 is 23.6 Å². The molecule has 0 saturated heterocycles. The van der Waals surface area contributed by atoms with Crippen LogP contribution in [0.25, 0.3) is 10.9 Å². The third-order valence-corrected chi connectivity index (χ3v) is 3.81. The molecule has 2 aliphatic rings. The second-order valence-electron chi connectivity index (χ2n) is 4.98. The van der Waals surface area contributed by atoms with Crippen LogP contribution in [0.1, 0.15) is 5.56 Å². The van der Waals surface area contributed by atoms with Gasteiger partial charge >= 0.3 is 5.66 Å². The molecule has 4 rings (SSSR count). The minimum atomic E-state index is -1.99. The Morgan fingerprint density at radius 3 is 3.00 bits per heavy atom. The summed E-state index contributed by atoms with van der Waals surface area (Å²) in [6.07, 6.45) is 4.10. The number of aliphatic hydroxyl groups is 1. The number of nitrogens with one attached hydrogen (secondary N) is 1. The second-order valence-corrected chi connectivity index (χ2v) is 4.98. The fourth-order valence-electron chi connectivity index (χ4n) is 2.84. The summed E-state index contributed by atoms with van der Waals surface area (Å²) in [5.74, 6) is -0.459. The van der Waals surface area contributed by atoms with Crippen molar-refractivity contribution in [1.82, 2.24) is 15.4 Å². The van der Waals surface area contributed by atoms with Crippen LogP contribution >= 0.6 is 0 Å². The Kier molecular flexibility index (Phi) is 2.58. The van der Waals surface area contributed by atoms with E-state index in [0.717, 1.165) is 0 Å². The first-order valence-electron chi connectivity index (χ1n) is 6.70. The van der Waals surface area contributed by atoms with Gasteiger partial charge in [0, 0.05) is 11.6 Å². The van der Waals surface area contributed by atoms with Gasteiger partial charge in [0.15, 0.2) is 0 Å². The van der Waals surface area contributed by atoms with Crippen molar-refractivity contribution in [2.24, 2.45) is 9.98 Å². The van der Waals surface area contributed by atoms with E-state index in [2.05, 4.69) is 20.4 Å². The SMILES string of the molecule is O=[N+]([O-])C1(c2cccc3ncccc23)N=CN2NC=NC(O)=C21. The number of aromatic nitrogens is 1. The summed E-state index contributed by atoms with van der Waals surface area (Å²) in [5, 5.41) is 23.9. The summed E-state index contributed by atoms with van der Waals surface area (Å²) >= 11 is 0. The first-order chi connectivity index (χ1) is 11.1. The average molecular weight is 310 g/mol. The zero-order valence-corrected chi connectivity index (χ0v) is 11.6. The van der Waals surface area contributed by atoms with Crippen LogP contribution in [-0.4, -0.2) is 32.7 Å². The molecule has 2 aliphatic heterocycles. The van der Waals surface area contributed by atoms with E-state index in [0.29, 0.717) is 16.5 Å². The molecule has 23 heavy (non-hydrogen) atoms. The van der Waals surface area contributed by atoms with E-state index in [1.165, 1.54) is 17.7 Å². The molecule has 0 fully saturated rings. The van der Waals surface area contributed by atoms with Gasteiger partial charge in [0.2, 0.25) is 11.6 Å². The van der Waals surface area contributed by atoms with Gasteiger partial charge in [-0.1, -0.05) is 12.1 Å². The van der Waals surface area contributed by atoms with Crippen LogP contribution in [0, 0.1) is 10.1 Å². The van der Waals surface area contributed by atoms with E-state index >= 15 is 0 Å². The zero-order valence-electron chi connectivity index (χ0n) is 11.6. The van der Waals surface area contributed by atoms with E-state index in [9.17, 15) is 15.2 Å². The normalized spacial score (nSPS) is 22.3. The maximum absolute atomic E-state index is 12.0. The molecule has 1 aromatic carbocycles. The highest BCUT2D eigenvalue weighted by molar-refractivity contribution is 5.85. The Morgan fingerprint density at radius 2 is 2.17 bits per heavy atom. The van der Waals surface area contributed by atoms with Gasteiger partial charge in [0.25, 0.3) is 0 Å². The number of hydrazine groups is 1. The number of fused-ring (bicyclic) bond motifs is 2. The molecule has 0 saturated carbocycles. The van der Waals surface area contributed by atoms with E-state index < -0.39 is 16.5 Å². The van der Waals surface area contributed by atoms with E-state index in [-0.39, 0.29) is 5.70 Å². The minimum Gasteiger partial charge on any atom is -0.492 e. The summed E-state index contributed by atoms with van der Waals surface area (Å²) in [4.78, 5) is 23.5. The molecule has 1 atom stereocenters. The zero-order chi connectivity index (χ0) is 16.0. The molecule has 0 radical (unpaired) electrons. The van der Waals surface area contributed by atoms with Gasteiger partial charge in [-0.15, -0.1) is 0 Å². The van der Waals surface area contributed by atoms with Crippen molar-refractivity contribution < 1.29 is 10.0 Å². The average Bonchev–Trinajstić information content (AvgIpc) is 2.96. The van der Waals surface area contributed by atoms with Gasteiger partial charge in [-0.2, -0.15) is 4.99 Å². The van der Waals surface area contributed by atoms with Crippen LogP contribution in [0.3, 0.4) is 0 Å². The van der Waals surface area contributed by atoms with Gasteiger partial charge in [0.1, 0.15) is 12.7 Å². The number of aliphatic imine (C=N–C) groups is 2. The van der Waals surface area contributed by atoms with E-state index in [1.807, 2.05) is 0 Å². The lowest BCUT2D eigenvalue weighted by Gasteiger charge is -2.26. The first-order valence-corrected chi connectivity index (χ1v) is 6.70. The van der Waals surface area contributed by atoms with Crippen LogP contribution in [0.2, 0.25) is 0 Å². The van der Waals surface area contributed by atoms with Crippen molar-refractivity contribution in [1.29, 1.82) is 0 Å². The monoisotopic (exact) mass is 310 g/mol. The second kappa shape index (κ2) is 4.50. The molecule has 3 heterocycles. The Balaban J connectivity index is 2.08. The molecular weight excluding hydrogens is 300 g/mol. The first kappa shape index (κ1) is 13.2. The quantitative estimate of drug-likeness (QED) is 0.637. The van der Waals surface area contributed by atoms with Crippen molar-refractivity contribution in [3.05, 3.63) is 63.8 Å². The number of hydrogen-bond donors (Lipinski definition) is 2. The summed E-state index contributed by atoms with van der Waals surface area (Å²) in [5.41, 5.74) is 1.57. The van der Waals surface area contributed by atoms with Gasteiger partial charge in [0.05, 0.1) is 16.0 Å². The van der Waals surface area contributed by atoms with Crippen LogP contribution < -0.4 is 5.43 Å². The van der Waals surface area contributed by atoms with Crippen LogP contribution in [-0.2, 0) is 5.66 Å². The molecule has 9 nitrogen and oxygen atoms in total. The number of rotatable bonds is 2. The summed E-state index contributed by atoms with van der Waals surface area (Å²) in [7, 11) is 0. The maximum Gasteiger partial charge on any atom is 0.389 e. The van der Waals surface area contributed by atoms with E-state index in [4.69, 9.17) is 0 Å². The Bertz CT molecular complexity index is 916. The minimum absolute atomic E-state index is 0.0543. The molecule has 9 heteroatoms. The van der Waals surface area contributed by atoms with Crippen molar-refractivity contribution in [3.8, 4) is 0 Å². The highest BCUT2D eigenvalue weighted by Crippen LogP contribution is 2.43. The van der Waals surface area contributed by atoms with Gasteiger partial charge in [-0.3, -0.25) is 20.5 Å². The van der Waals surface area contributed by atoms with Crippen LogP contribution in [0.5, 0.6) is 0 Å². The fraction of sp³-hybridized carbons (Fsp3) is 0.0714. The standard InChI is InChI=1S/C14H10N6O3/c21-13-12-14(20(22)23,17-8-19(12)18-7-16-13)10-4-1-5-11-9(10)3-2-6-15-11/h1-8,21H,(H,16,18). The van der Waals surface area contributed by atoms with Crippen molar-refractivity contribution in [2.45, 2.75) is 5.66 Å². The molecule has 1 unspecified atom stereocenters. The largest absolute Gasteiger partial charge is 0.492 e. The third-order valence-electron chi connectivity index (χ3n) is 3.81. The highest BCUT2D eigenvalue weighted by Gasteiger charge is 2.58. The maximum atomic E-state index is 12.0. The molecule has 1 aromatic heterocycles. The van der Waals surface area contributed by atoms with Crippen LogP contribution in [0.4, 0.5) is 0 Å². The smallest absolute Gasteiger partial charge is 0.389 e. The van der Waals surface area contributed by atoms with Gasteiger partial charge < -0.3 is 5.11 Å². The molecule has 2 aromatic rings. The highest BCUT2D eigenvalue weighted by atomic mass is 16.6. The van der Waals surface area contributed by atoms with Crippen molar-refractivity contribution in [2.75, 3.05) is 0 Å². The number of nitrogens with zero attached hydrogens (tertiary/aromatic N) is 5. The number of nitro groups is 1. The van der Waals surface area contributed by atoms with Gasteiger partial charge in [-0.05, 0) is 18.2 Å². The number of aliphatic hydroxyl groups excluding tert-OH is 1. The van der Waals surface area contributed by atoms with Crippen LogP contribution in [0.15, 0.2) is 58.1 Å². The Morgan fingerprint density at radius 1 is 1.30 bits per heavy atom. The molecule has 114 valence electrons. The number of benzene rings is 1. The summed E-state index contributed by atoms with van der Waals surface area (Å²) < 4.78 is 0. The number of pyridine rings is 1. The lowest BCUT2D eigenvalue weighted by Crippen LogP contribution is -2.44. The molecular formula is C14H10N6O3. The Labute approximate surface area is 129 Å². The topological polar surface area (TPSA) is 116 Å². The summed E-state index contributed by atoms with van der Waals surface area (Å²) in [6.45, 7) is 0. The molecule has 0 aliphatic carbocycles. The molecule has 2 N–H and O–H groups in total. The van der Waals surface area contributed by atoms with Crippen molar-refractivity contribution in [3.63, 3.8) is 0 Å². The lowest BCUT2D eigenvalue weighted by molar-refractivity contribution is -0.565. The molecule has 0 bridgehead atoms. The third kappa shape index (κ3) is 1.64. The predicted molar refractivity (Wildman–Crippen MR) is 82.0 cm³/mol. The fourth-order valence-corrected chi connectivity index (χ4v) is 2.84. The van der Waals surface area contributed by atoms with E-state index in [1.54, 1.807) is 36.5 Å². The predicted octanol–water partition coefficient (Wildman–Crippen LogP) is 1.28. The lowest BCUT2D eigenvalue weighted by atomic mass is 9.93. The molecule has 0 amide bonds. The number of hydrogen-bond acceptors (Lipinski definition) is 8. The van der Waals surface area contributed by atoms with Gasteiger partial charge in [-0.25, -0.2) is 10.0 Å². The summed E-state index contributed by atoms with van der Waals surface area (Å²) in [6, 6.07) is 8.46. The molecule has 0 spiro atoms. The Hall–Kier alpha value is -3.49.